The van der Waals surface area contributed by atoms with E-state index in [9.17, 15) is 4.79 Å². The van der Waals surface area contributed by atoms with Gasteiger partial charge < -0.3 is 4.74 Å². The third-order valence-corrected chi connectivity index (χ3v) is 2.19. The molecule has 0 aliphatic heterocycles. The standard InChI is InChI=1S/C11H13ClO2/c1-3-14-11(13)7-9-6-10(12)5-4-8(9)2/h4-6H,3,7H2,1-2H3. The summed E-state index contributed by atoms with van der Waals surface area (Å²) in [6, 6.07) is 5.51. The number of carbonyl (C=O) groups excluding carboxylic acids is 1. The lowest BCUT2D eigenvalue weighted by molar-refractivity contribution is -0.142. The van der Waals surface area contributed by atoms with Crippen molar-refractivity contribution in [1.29, 1.82) is 0 Å². The molecule has 0 unspecified atom stereocenters. The van der Waals surface area contributed by atoms with E-state index in [1.807, 2.05) is 19.1 Å². The summed E-state index contributed by atoms with van der Waals surface area (Å²) in [6.45, 7) is 4.16. The van der Waals surface area contributed by atoms with E-state index in [-0.39, 0.29) is 5.97 Å². The second-order valence-electron chi connectivity index (χ2n) is 3.05. The Kier molecular flexibility index (Phi) is 3.96. The minimum absolute atomic E-state index is 0.210. The van der Waals surface area contributed by atoms with Crippen LogP contribution in [0.25, 0.3) is 0 Å². The first-order chi connectivity index (χ1) is 6.63. The van der Waals surface area contributed by atoms with Gasteiger partial charge in [-0.3, -0.25) is 4.79 Å². The van der Waals surface area contributed by atoms with Crippen molar-refractivity contribution in [2.75, 3.05) is 6.61 Å². The molecule has 0 amide bonds. The molecule has 76 valence electrons. The van der Waals surface area contributed by atoms with Gasteiger partial charge in [0, 0.05) is 5.02 Å². The largest absolute Gasteiger partial charge is 0.466 e. The van der Waals surface area contributed by atoms with Gasteiger partial charge in [-0.15, -0.1) is 0 Å². The molecule has 0 saturated carbocycles. The minimum Gasteiger partial charge on any atom is -0.466 e. The molecule has 0 saturated heterocycles. The first kappa shape index (κ1) is 11.1. The average Bonchev–Trinajstić information content (AvgIpc) is 2.12. The zero-order valence-electron chi connectivity index (χ0n) is 8.34. The van der Waals surface area contributed by atoms with Crippen LogP contribution in [0, 0.1) is 6.92 Å². The van der Waals surface area contributed by atoms with Gasteiger partial charge in [-0.1, -0.05) is 17.7 Å². The number of halogens is 1. The Balaban J connectivity index is 2.75. The van der Waals surface area contributed by atoms with Crippen molar-refractivity contribution >= 4 is 17.6 Å². The molecular formula is C11H13ClO2. The number of benzene rings is 1. The zero-order valence-corrected chi connectivity index (χ0v) is 9.10. The van der Waals surface area contributed by atoms with Crippen LogP contribution in [0.5, 0.6) is 0 Å². The molecule has 0 atom stereocenters. The maximum absolute atomic E-state index is 11.2. The van der Waals surface area contributed by atoms with Crippen LogP contribution in [0.1, 0.15) is 18.1 Å². The molecule has 0 N–H and O–H groups in total. The minimum atomic E-state index is -0.210. The van der Waals surface area contributed by atoms with Crippen molar-refractivity contribution in [2.45, 2.75) is 20.3 Å². The van der Waals surface area contributed by atoms with E-state index in [0.717, 1.165) is 11.1 Å². The first-order valence-electron chi connectivity index (χ1n) is 4.54. The van der Waals surface area contributed by atoms with Crippen molar-refractivity contribution in [3.63, 3.8) is 0 Å². The summed E-state index contributed by atoms with van der Waals surface area (Å²) in [5.41, 5.74) is 1.98. The predicted molar refractivity (Wildman–Crippen MR) is 56.5 cm³/mol. The van der Waals surface area contributed by atoms with E-state index in [4.69, 9.17) is 16.3 Å². The molecule has 0 radical (unpaired) electrons. The Hall–Kier alpha value is -1.02. The van der Waals surface area contributed by atoms with E-state index >= 15 is 0 Å². The topological polar surface area (TPSA) is 26.3 Å². The van der Waals surface area contributed by atoms with Crippen LogP contribution in [0.15, 0.2) is 18.2 Å². The first-order valence-corrected chi connectivity index (χ1v) is 4.92. The summed E-state index contributed by atoms with van der Waals surface area (Å²) in [4.78, 5) is 11.2. The Morgan fingerprint density at radius 3 is 2.86 bits per heavy atom. The fourth-order valence-electron chi connectivity index (χ4n) is 1.20. The van der Waals surface area contributed by atoms with Gasteiger partial charge >= 0.3 is 5.97 Å². The molecule has 0 aromatic heterocycles. The van der Waals surface area contributed by atoms with Crippen LogP contribution in [0.2, 0.25) is 5.02 Å². The smallest absolute Gasteiger partial charge is 0.310 e. The highest BCUT2D eigenvalue weighted by molar-refractivity contribution is 6.30. The number of rotatable bonds is 3. The molecule has 1 aromatic carbocycles. The lowest BCUT2D eigenvalue weighted by atomic mass is 10.1. The second-order valence-corrected chi connectivity index (χ2v) is 3.49. The molecule has 0 heterocycles. The van der Waals surface area contributed by atoms with Gasteiger partial charge in [0.2, 0.25) is 0 Å². The molecule has 1 aromatic rings. The van der Waals surface area contributed by atoms with Crippen molar-refractivity contribution in [2.24, 2.45) is 0 Å². The van der Waals surface area contributed by atoms with Gasteiger partial charge in [0.15, 0.2) is 0 Å². The molecule has 0 bridgehead atoms. The summed E-state index contributed by atoms with van der Waals surface area (Å²) in [5.74, 6) is -0.210. The maximum Gasteiger partial charge on any atom is 0.310 e. The molecule has 0 aliphatic rings. The zero-order chi connectivity index (χ0) is 10.6. The van der Waals surface area contributed by atoms with E-state index in [0.29, 0.717) is 18.1 Å². The SMILES string of the molecule is CCOC(=O)Cc1cc(Cl)ccc1C. The molecule has 14 heavy (non-hydrogen) atoms. The molecule has 0 spiro atoms. The molecule has 0 aliphatic carbocycles. The third kappa shape index (κ3) is 3.04. The number of aryl methyl sites for hydroxylation is 1. The van der Waals surface area contributed by atoms with Crippen LogP contribution in [0.3, 0.4) is 0 Å². The highest BCUT2D eigenvalue weighted by atomic mass is 35.5. The van der Waals surface area contributed by atoms with E-state index in [1.54, 1.807) is 13.0 Å². The van der Waals surface area contributed by atoms with Gasteiger partial charge in [-0.05, 0) is 37.1 Å². The number of hydrogen-bond acceptors (Lipinski definition) is 2. The van der Waals surface area contributed by atoms with Crippen molar-refractivity contribution in [3.05, 3.63) is 34.3 Å². The quantitative estimate of drug-likeness (QED) is 0.721. The van der Waals surface area contributed by atoms with E-state index in [2.05, 4.69) is 0 Å². The maximum atomic E-state index is 11.2. The van der Waals surface area contributed by atoms with Crippen LogP contribution in [-0.2, 0) is 16.0 Å². The van der Waals surface area contributed by atoms with Gasteiger partial charge in [-0.2, -0.15) is 0 Å². The van der Waals surface area contributed by atoms with Crippen LogP contribution in [-0.4, -0.2) is 12.6 Å². The number of ether oxygens (including phenoxy) is 1. The summed E-state index contributed by atoms with van der Waals surface area (Å²) >= 11 is 5.83. The monoisotopic (exact) mass is 212 g/mol. The lowest BCUT2D eigenvalue weighted by Gasteiger charge is -2.05. The fraction of sp³-hybridized carbons (Fsp3) is 0.364. The Labute approximate surface area is 88.8 Å². The number of esters is 1. The summed E-state index contributed by atoms with van der Waals surface area (Å²) in [5, 5.41) is 0.648. The van der Waals surface area contributed by atoms with Crippen LogP contribution < -0.4 is 0 Å². The summed E-state index contributed by atoms with van der Waals surface area (Å²) in [7, 11) is 0. The van der Waals surface area contributed by atoms with Crippen molar-refractivity contribution in [3.8, 4) is 0 Å². The molecule has 1 rings (SSSR count). The second kappa shape index (κ2) is 5.01. The Morgan fingerprint density at radius 2 is 2.21 bits per heavy atom. The van der Waals surface area contributed by atoms with Gasteiger partial charge in [0.05, 0.1) is 13.0 Å². The van der Waals surface area contributed by atoms with E-state index < -0.39 is 0 Å². The normalized spacial score (nSPS) is 9.93. The van der Waals surface area contributed by atoms with Crippen LogP contribution in [0.4, 0.5) is 0 Å². The Bertz CT molecular complexity index is 334. The fourth-order valence-corrected chi connectivity index (χ4v) is 1.39. The predicted octanol–water partition coefficient (Wildman–Crippen LogP) is 2.75. The van der Waals surface area contributed by atoms with Gasteiger partial charge in [0.25, 0.3) is 0 Å². The Morgan fingerprint density at radius 1 is 1.50 bits per heavy atom. The molecule has 0 fully saturated rings. The highest BCUT2D eigenvalue weighted by Gasteiger charge is 2.06. The summed E-state index contributed by atoms with van der Waals surface area (Å²) in [6.07, 6.45) is 0.292. The summed E-state index contributed by atoms with van der Waals surface area (Å²) < 4.78 is 4.86. The van der Waals surface area contributed by atoms with Gasteiger partial charge in [-0.25, -0.2) is 0 Å². The molecule has 2 nitrogen and oxygen atoms in total. The number of hydrogen-bond donors (Lipinski definition) is 0. The molecule has 3 heteroatoms. The third-order valence-electron chi connectivity index (χ3n) is 1.95. The average molecular weight is 213 g/mol. The van der Waals surface area contributed by atoms with Crippen molar-refractivity contribution in [1.82, 2.24) is 0 Å². The van der Waals surface area contributed by atoms with Crippen LogP contribution >= 0.6 is 11.6 Å². The van der Waals surface area contributed by atoms with Gasteiger partial charge in [0.1, 0.15) is 0 Å². The highest BCUT2D eigenvalue weighted by Crippen LogP contribution is 2.16. The number of carbonyl (C=O) groups is 1. The van der Waals surface area contributed by atoms with E-state index in [1.165, 1.54) is 0 Å². The molecular weight excluding hydrogens is 200 g/mol. The lowest BCUT2D eigenvalue weighted by Crippen LogP contribution is -2.08. The van der Waals surface area contributed by atoms with Crippen molar-refractivity contribution < 1.29 is 9.53 Å².